The number of ether oxygens (including phenoxy) is 2. The van der Waals surface area contributed by atoms with Crippen molar-refractivity contribution in [3.8, 4) is 11.5 Å². The van der Waals surface area contributed by atoms with Crippen molar-refractivity contribution in [2.24, 2.45) is 0 Å². The lowest BCUT2D eigenvalue weighted by atomic mass is 10.1. The lowest BCUT2D eigenvalue weighted by Gasteiger charge is -2.37. The molecule has 1 saturated heterocycles. The van der Waals surface area contributed by atoms with Crippen molar-refractivity contribution in [3.63, 3.8) is 0 Å². The first-order chi connectivity index (χ1) is 12.6. The maximum absolute atomic E-state index is 10.7. The van der Waals surface area contributed by atoms with Crippen LogP contribution >= 0.6 is 0 Å². The van der Waals surface area contributed by atoms with Gasteiger partial charge in [0.15, 0.2) is 0 Å². The van der Waals surface area contributed by atoms with E-state index in [1.165, 1.54) is 11.3 Å². The van der Waals surface area contributed by atoms with Crippen LogP contribution in [0.1, 0.15) is 17.2 Å². The number of hydrogen-bond donors (Lipinski definition) is 1. The molecule has 26 heavy (non-hydrogen) atoms. The van der Waals surface area contributed by atoms with E-state index >= 15 is 0 Å². The Morgan fingerprint density at radius 3 is 2.42 bits per heavy atom. The quantitative estimate of drug-likeness (QED) is 0.862. The Morgan fingerprint density at radius 1 is 1.00 bits per heavy atom. The number of anilines is 1. The van der Waals surface area contributed by atoms with Crippen LogP contribution < -0.4 is 14.4 Å². The highest BCUT2D eigenvalue weighted by atomic mass is 16.5. The Morgan fingerprint density at radius 2 is 1.77 bits per heavy atom. The molecule has 1 fully saturated rings. The molecule has 1 unspecified atom stereocenters. The number of methoxy groups -OCH3 is 2. The largest absolute Gasteiger partial charge is 0.497 e. The third kappa shape index (κ3) is 4.29. The van der Waals surface area contributed by atoms with Gasteiger partial charge in [0.1, 0.15) is 11.5 Å². The molecule has 2 aromatic rings. The molecule has 5 heteroatoms. The van der Waals surface area contributed by atoms with E-state index in [1.54, 1.807) is 14.2 Å². The lowest BCUT2D eigenvalue weighted by molar-refractivity contribution is 0.107. The van der Waals surface area contributed by atoms with Gasteiger partial charge in [0.05, 0.1) is 20.3 Å². The zero-order chi connectivity index (χ0) is 18.5. The van der Waals surface area contributed by atoms with E-state index in [1.807, 2.05) is 18.2 Å². The molecule has 140 valence electrons. The SMILES string of the molecule is COc1ccc(OC)c(C(O)CN2CCN(c3cccc(C)c3)CC2)c1. The average Bonchev–Trinajstić information content (AvgIpc) is 2.68. The van der Waals surface area contributed by atoms with Crippen LogP contribution in [0, 0.1) is 6.92 Å². The Hall–Kier alpha value is -2.24. The summed E-state index contributed by atoms with van der Waals surface area (Å²) >= 11 is 0. The predicted octanol–water partition coefficient (Wildman–Crippen LogP) is 2.87. The third-order valence-electron chi connectivity index (χ3n) is 4.97. The van der Waals surface area contributed by atoms with Gasteiger partial charge in [-0.15, -0.1) is 0 Å². The van der Waals surface area contributed by atoms with Crippen LogP contribution in [0.3, 0.4) is 0 Å². The molecule has 1 aliphatic rings. The van der Waals surface area contributed by atoms with E-state index in [9.17, 15) is 5.11 Å². The van der Waals surface area contributed by atoms with E-state index in [0.717, 1.165) is 37.5 Å². The second-order valence-electron chi connectivity index (χ2n) is 6.75. The van der Waals surface area contributed by atoms with Crippen LogP contribution in [0.2, 0.25) is 0 Å². The summed E-state index contributed by atoms with van der Waals surface area (Å²) in [4.78, 5) is 4.71. The summed E-state index contributed by atoms with van der Waals surface area (Å²) in [6.45, 7) is 6.49. The summed E-state index contributed by atoms with van der Waals surface area (Å²) < 4.78 is 10.7. The standard InChI is InChI=1S/C21H28N2O3/c1-16-5-4-6-17(13-16)23-11-9-22(10-12-23)15-20(24)19-14-18(25-2)7-8-21(19)26-3/h4-8,13-14,20,24H,9-12,15H2,1-3H3. The zero-order valence-corrected chi connectivity index (χ0v) is 15.8. The molecule has 0 saturated carbocycles. The Labute approximate surface area is 155 Å². The molecule has 1 N–H and O–H groups in total. The zero-order valence-electron chi connectivity index (χ0n) is 15.8. The summed E-state index contributed by atoms with van der Waals surface area (Å²) in [6.07, 6.45) is -0.606. The second kappa shape index (κ2) is 8.43. The van der Waals surface area contributed by atoms with Crippen LogP contribution in [0.15, 0.2) is 42.5 Å². The van der Waals surface area contributed by atoms with E-state index < -0.39 is 6.10 Å². The first-order valence-corrected chi connectivity index (χ1v) is 9.04. The van der Waals surface area contributed by atoms with Crippen molar-refractivity contribution in [1.29, 1.82) is 0 Å². The highest BCUT2D eigenvalue weighted by Gasteiger charge is 2.22. The third-order valence-corrected chi connectivity index (χ3v) is 4.97. The molecule has 0 bridgehead atoms. The Balaban J connectivity index is 1.61. The minimum Gasteiger partial charge on any atom is -0.497 e. The minimum atomic E-state index is -0.606. The van der Waals surface area contributed by atoms with Crippen LogP contribution in [-0.4, -0.2) is 56.9 Å². The first-order valence-electron chi connectivity index (χ1n) is 9.04. The topological polar surface area (TPSA) is 45.2 Å². The van der Waals surface area contributed by atoms with Gasteiger partial charge in [0.25, 0.3) is 0 Å². The predicted molar refractivity (Wildman–Crippen MR) is 104 cm³/mol. The average molecular weight is 356 g/mol. The maximum atomic E-state index is 10.7. The molecule has 1 atom stereocenters. The van der Waals surface area contributed by atoms with E-state index in [2.05, 4.69) is 41.0 Å². The number of aliphatic hydroxyl groups excluding tert-OH is 1. The highest BCUT2D eigenvalue weighted by Crippen LogP contribution is 2.30. The molecule has 1 heterocycles. The van der Waals surface area contributed by atoms with Gasteiger partial charge in [-0.2, -0.15) is 0 Å². The van der Waals surface area contributed by atoms with Crippen molar-refractivity contribution >= 4 is 5.69 Å². The van der Waals surface area contributed by atoms with E-state index in [0.29, 0.717) is 12.3 Å². The van der Waals surface area contributed by atoms with Gasteiger partial charge in [0, 0.05) is 44.0 Å². The van der Waals surface area contributed by atoms with Gasteiger partial charge in [-0.3, -0.25) is 4.90 Å². The second-order valence-corrected chi connectivity index (χ2v) is 6.75. The molecule has 0 amide bonds. The molecule has 0 aliphatic carbocycles. The maximum Gasteiger partial charge on any atom is 0.124 e. The van der Waals surface area contributed by atoms with Gasteiger partial charge < -0.3 is 19.5 Å². The summed E-state index contributed by atoms with van der Waals surface area (Å²) in [5, 5.41) is 10.7. The molecule has 0 radical (unpaired) electrons. The number of aryl methyl sites for hydroxylation is 1. The van der Waals surface area contributed by atoms with Crippen LogP contribution in [0.4, 0.5) is 5.69 Å². The smallest absolute Gasteiger partial charge is 0.124 e. The molecule has 0 aromatic heterocycles. The summed E-state index contributed by atoms with van der Waals surface area (Å²) in [6, 6.07) is 14.2. The summed E-state index contributed by atoms with van der Waals surface area (Å²) in [5.74, 6) is 1.42. The van der Waals surface area contributed by atoms with Gasteiger partial charge in [-0.05, 0) is 42.8 Å². The summed E-state index contributed by atoms with van der Waals surface area (Å²) in [7, 11) is 3.25. The van der Waals surface area contributed by atoms with Crippen molar-refractivity contribution < 1.29 is 14.6 Å². The fourth-order valence-corrected chi connectivity index (χ4v) is 3.46. The molecule has 0 spiro atoms. The van der Waals surface area contributed by atoms with E-state index in [-0.39, 0.29) is 0 Å². The fourth-order valence-electron chi connectivity index (χ4n) is 3.46. The van der Waals surface area contributed by atoms with Crippen molar-refractivity contribution in [1.82, 2.24) is 4.90 Å². The Bertz CT molecular complexity index is 727. The molecule has 5 nitrogen and oxygen atoms in total. The van der Waals surface area contributed by atoms with Crippen molar-refractivity contribution in [2.45, 2.75) is 13.0 Å². The number of rotatable bonds is 6. The van der Waals surface area contributed by atoms with Gasteiger partial charge in [-0.1, -0.05) is 12.1 Å². The molecule has 3 rings (SSSR count). The van der Waals surface area contributed by atoms with Crippen LogP contribution in [0.5, 0.6) is 11.5 Å². The van der Waals surface area contributed by atoms with Gasteiger partial charge in [-0.25, -0.2) is 0 Å². The number of nitrogens with zero attached hydrogens (tertiary/aromatic N) is 2. The monoisotopic (exact) mass is 356 g/mol. The van der Waals surface area contributed by atoms with E-state index in [4.69, 9.17) is 9.47 Å². The Kier molecular flexibility index (Phi) is 6.01. The minimum absolute atomic E-state index is 0.588. The number of aliphatic hydroxyl groups is 1. The van der Waals surface area contributed by atoms with Gasteiger partial charge in [0.2, 0.25) is 0 Å². The van der Waals surface area contributed by atoms with Crippen molar-refractivity contribution in [3.05, 3.63) is 53.6 Å². The summed E-state index contributed by atoms with van der Waals surface area (Å²) in [5.41, 5.74) is 3.33. The first kappa shape index (κ1) is 18.5. The highest BCUT2D eigenvalue weighted by molar-refractivity contribution is 5.48. The molecular formula is C21H28N2O3. The number of piperazine rings is 1. The number of hydrogen-bond acceptors (Lipinski definition) is 5. The number of β-amino-alcohol motifs (C(OH)–C–C–N with tert-alkyl or cyclic N) is 1. The molecule has 2 aromatic carbocycles. The normalized spacial score (nSPS) is 16.4. The number of benzene rings is 2. The molecular weight excluding hydrogens is 328 g/mol. The van der Waals surface area contributed by atoms with Crippen LogP contribution in [-0.2, 0) is 0 Å². The molecule has 1 aliphatic heterocycles. The van der Waals surface area contributed by atoms with Crippen molar-refractivity contribution in [2.75, 3.05) is 51.8 Å². The van der Waals surface area contributed by atoms with Gasteiger partial charge >= 0.3 is 0 Å². The van der Waals surface area contributed by atoms with Crippen LogP contribution in [0.25, 0.3) is 0 Å². The lowest BCUT2D eigenvalue weighted by Crippen LogP contribution is -2.47. The fraction of sp³-hybridized carbons (Fsp3) is 0.429.